The number of rotatable bonds is 2. The van der Waals surface area contributed by atoms with Crippen molar-refractivity contribution >= 4 is 19.7 Å². The zero-order chi connectivity index (χ0) is 7.40. The Labute approximate surface area is 115 Å². The Bertz CT molecular complexity index is 177. The van der Waals surface area contributed by atoms with E-state index < -0.39 is 15.3 Å². The van der Waals surface area contributed by atoms with Crippen molar-refractivity contribution in [3.8, 4) is 5.75 Å². The van der Waals surface area contributed by atoms with E-state index in [1.54, 1.807) is 31.4 Å². The molecule has 1 aromatic carbocycles. The smallest absolute Gasteiger partial charge is 1.00 e. The molecule has 0 bridgehead atoms. The van der Waals surface area contributed by atoms with E-state index in [-0.39, 0.29) is 51.4 Å². The van der Waals surface area contributed by atoms with E-state index in [0.717, 1.165) is 10.2 Å². The molecule has 0 unspecified atom stereocenters. The maximum absolute atomic E-state index is 10.4. The topological polar surface area (TPSA) is 32.3 Å². The molecule has 0 fully saturated rings. The average molecular weight is 241 g/mol. The van der Waals surface area contributed by atoms with Crippen molar-refractivity contribution in [1.29, 1.82) is 0 Å². The van der Waals surface area contributed by atoms with Crippen LogP contribution in [0.2, 0.25) is 0 Å². The summed E-state index contributed by atoms with van der Waals surface area (Å²) in [5.74, 6) is 0.799. The van der Waals surface area contributed by atoms with E-state index >= 15 is 0 Å². The van der Waals surface area contributed by atoms with Crippen LogP contribution >= 0.6 is 0 Å². The van der Waals surface area contributed by atoms with E-state index in [2.05, 4.69) is 0 Å². The minimum atomic E-state index is -0.647. The van der Waals surface area contributed by atoms with Crippen molar-refractivity contribution in [3.05, 3.63) is 24.3 Å². The molecule has 0 radical (unpaired) electrons. The Hall–Kier alpha value is 1.14. The second kappa shape index (κ2) is 6.63. The number of ether oxygens (including phenoxy) is 1. The minimum absolute atomic E-state index is 0. The van der Waals surface area contributed by atoms with Gasteiger partial charge < -0.3 is 0 Å². The second-order valence-electron chi connectivity index (χ2n) is 1.76. The van der Waals surface area contributed by atoms with Crippen LogP contribution in [0, 0.1) is 0 Å². The first kappa shape index (κ1) is 12.1. The Kier molecular flexibility index (Phi) is 7.31. The molecular weight excluding hydrogens is 234 g/mol. The Balaban J connectivity index is 0.000001000. The average Bonchev–Trinajstić information content (AvgIpc) is 2.05. The monoisotopic (exact) mass is 242 g/mol. The van der Waals surface area contributed by atoms with E-state index in [4.69, 9.17) is 4.74 Å². The molecule has 11 heavy (non-hydrogen) atoms. The summed E-state index contributed by atoms with van der Waals surface area (Å²) in [6.45, 7) is 0. The van der Waals surface area contributed by atoms with Gasteiger partial charge in [-0.25, -0.2) is 0 Å². The molecule has 1 rings (SSSR count). The molecular formula is C7H7KO2Se. The molecule has 0 aliphatic rings. The number of hydrogen-bond acceptors (Lipinski definition) is 2. The summed E-state index contributed by atoms with van der Waals surface area (Å²) >= 11 is -0.647. The number of methoxy groups -OCH3 is 1. The third-order valence-corrected chi connectivity index (χ3v) is 2.13. The van der Waals surface area contributed by atoms with Crippen LogP contribution in [0.25, 0.3) is 0 Å². The second-order valence-corrected chi connectivity index (χ2v) is 3.10. The van der Waals surface area contributed by atoms with Crippen molar-refractivity contribution in [2.24, 2.45) is 0 Å². The predicted molar refractivity (Wildman–Crippen MR) is 38.4 cm³/mol. The van der Waals surface area contributed by atoms with Gasteiger partial charge in [-0.3, -0.25) is 0 Å². The van der Waals surface area contributed by atoms with E-state index in [9.17, 15) is 4.19 Å². The van der Waals surface area contributed by atoms with Gasteiger partial charge in [0.05, 0.1) is 0 Å². The van der Waals surface area contributed by atoms with Gasteiger partial charge in [0.2, 0.25) is 0 Å². The fraction of sp³-hybridized carbons (Fsp3) is 0.143. The molecule has 0 heterocycles. The summed E-state index contributed by atoms with van der Waals surface area (Å²) < 4.78 is 16.1. The summed E-state index contributed by atoms with van der Waals surface area (Å²) in [5, 5.41) is 0. The number of benzene rings is 1. The predicted octanol–water partition coefficient (Wildman–Crippen LogP) is -3.70. The van der Waals surface area contributed by atoms with Crippen LogP contribution in [0.3, 0.4) is 0 Å². The SMILES string of the molecule is COc1ccc([Se][O-])cc1.[K+]. The van der Waals surface area contributed by atoms with Gasteiger partial charge in [0, 0.05) is 0 Å². The molecule has 0 N–H and O–H groups in total. The molecule has 1 aromatic rings. The van der Waals surface area contributed by atoms with E-state index in [1.165, 1.54) is 0 Å². The molecule has 0 spiro atoms. The van der Waals surface area contributed by atoms with Gasteiger partial charge in [0.25, 0.3) is 0 Å². The Morgan fingerprint density at radius 1 is 1.27 bits per heavy atom. The van der Waals surface area contributed by atoms with Gasteiger partial charge in [-0.1, -0.05) is 0 Å². The summed E-state index contributed by atoms with van der Waals surface area (Å²) in [6, 6.07) is 7.20. The molecule has 0 atom stereocenters. The summed E-state index contributed by atoms with van der Waals surface area (Å²) in [5.41, 5.74) is 0. The first-order valence-electron chi connectivity index (χ1n) is 2.80. The molecule has 54 valence electrons. The van der Waals surface area contributed by atoms with Crippen molar-refractivity contribution in [3.63, 3.8) is 0 Å². The van der Waals surface area contributed by atoms with Crippen molar-refractivity contribution < 1.29 is 60.3 Å². The quantitative estimate of drug-likeness (QED) is 0.499. The molecule has 0 aliphatic heterocycles. The first-order chi connectivity index (χ1) is 4.86. The summed E-state index contributed by atoms with van der Waals surface area (Å²) in [7, 11) is 1.61. The van der Waals surface area contributed by atoms with Gasteiger partial charge >= 0.3 is 117 Å². The van der Waals surface area contributed by atoms with Crippen LogP contribution in [0.4, 0.5) is 0 Å². The summed E-state index contributed by atoms with van der Waals surface area (Å²) in [4.78, 5) is 0. The van der Waals surface area contributed by atoms with Crippen LogP contribution in [-0.2, 0) is 0 Å². The van der Waals surface area contributed by atoms with Crippen molar-refractivity contribution in [2.75, 3.05) is 7.11 Å². The van der Waals surface area contributed by atoms with Crippen LogP contribution < -0.4 is 64.8 Å². The Morgan fingerprint density at radius 3 is 2.18 bits per heavy atom. The fourth-order valence-corrected chi connectivity index (χ4v) is 1.15. The third kappa shape index (κ3) is 4.06. The third-order valence-electron chi connectivity index (χ3n) is 1.16. The largest absolute Gasteiger partial charge is 1.00 e. The minimum Gasteiger partial charge on any atom is 1.00 e. The first-order valence-corrected chi connectivity index (χ1v) is 4.36. The van der Waals surface area contributed by atoms with E-state index in [0.29, 0.717) is 0 Å². The van der Waals surface area contributed by atoms with Crippen LogP contribution in [0.5, 0.6) is 5.75 Å². The van der Waals surface area contributed by atoms with E-state index in [1.807, 2.05) is 0 Å². The zero-order valence-corrected chi connectivity index (χ0v) is 11.4. The van der Waals surface area contributed by atoms with Gasteiger partial charge in [-0.15, -0.1) is 0 Å². The Morgan fingerprint density at radius 2 is 1.82 bits per heavy atom. The standard InChI is InChI=1S/C7H8O2Se.K/c1-9-6-2-4-7(10-8)5-3-6;/h2-5,8H,1H3;/q;+1/p-1. The van der Waals surface area contributed by atoms with Crippen LogP contribution in [-0.4, -0.2) is 22.4 Å². The maximum atomic E-state index is 10.4. The molecule has 4 heteroatoms. The molecule has 2 nitrogen and oxygen atoms in total. The molecule has 0 saturated heterocycles. The van der Waals surface area contributed by atoms with Crippen LogP contribution in [0.15, 0.2) is 24.3 Å². The molecule has 0 amide bonds. The van der Waals surface area contributed by atoms with Gasteiger partial charge in [-0.05, 0) is 0 Å². The van der Waals surface area contributed by atoms with Crippen molar-refractivity contribution in [2.45, 2.75) is 0 Å². The summed E-state index contributed by atoms with van der Waals surface area (Å²) in [6.07, 6.45) is 0. The van der Waals surface area contributed by atoms with Gasteiger partial charge in [0.15, 0.2) is 0 Å². The van der Waals surface area contributed by atoms with Crippen LogP contribution in [0.1, 0.15) is 0 Å². The number of hydrogen-bond donors (Lipinski definition) is 0. The zero-order valence-electron chi connectivity index (χ0n) is 6.53. The van der Waals surface area contributed by atoms with Crippen molar-refractivity contribution in [1.82, 2.24) is 0 Å². The normalized spacial score (nSPS) is 8.55. The fourth-order valence-electron chi connectivity index (χ4n) is 0.631. The van der Waals surface area contributed by atoms with Gasteiger partial charge in [-0.2, -0.15) is 0 Å². The maximum Gasteiger partial charge on any atom is 1.00 e. The molecule has 0 aliphatic carbocycles. The molecule has 0 saturated carbocycles. The molecule has 0 aromatic heterocycles. The van der Waals surface area contributed by atoms with Gasteiger partial charge in [0.1, 0.15) is 0 Å².